The number of ether oxygens (including phenoxy) is 1. The average molecular weight is 563 g/mol. The summed E-state index contributed by atoms with van der Waals surface area (Å²) < 4.78 is 4.47. The minimum absolute atomic E-state index is 0.0942. The van der Waals surface area contributed by atoms with Crippen molar-refractivity contribution >= 4 is 46.0 Å². The Morgan fingerprint density at radius 3 is 2.65 bits per heavy atom. The summed E-state index contributed by atoms with van der Waals surface area (Å²) in [4.78, 5) is 45.6. The molecule has 212 valence electrons. The molecule has 3 saturated heterocycles. The van der Waals surface area contributed by atoms with Crippen LogP contribution in [0.15, 0.2) is 67.8 Å². The number of allylic oxidation sites excluding steroid dienone is 1. The normalized spacial score (nSPS) is 28.5. The van der Waals surface area contributed by atoms with E-state index in [1.165, 1.54) is 0 Å². The molecule has 2 amide bonds. The summed E-state index contributed by atoms with van der Waals surface area (Å²) in [5.74, 6) is -1.98. The van der Waals surface area contributed by atoms with Crippen LogP contribution in [0.3, 0.4) is 0 Å². The van der Waals surface area contributed by atoms with E-state index in [4.69, 9.17) is 4.74 Å². The lowest BCUT2D eigenvalue weighted by atomic mass is 9.66. The van der Waals surface area contributed by atoms with Crippen LogP contribution in [-0.4, -0.2) is 69.6 Å². The van der Waals surface area contributed by atoms with Gasteiger partial charge in [0.1, 0.15) is 6.04 Å². The van der Waals surface area contributed by atoms with Gasteiger partial charge in [-0.15, -0.1) is 24.9 Å². The number of anilines is 1. The van der Waals surface area contributed by atoms with Crippen molar-refractivity contribution in [2.24, 2.45) is 11.8 Å². The molecule has 2 bridgehead atoms. The van der Waals surface area contributed by atoms with Gasteiger partial charge in [-0.3, -0.25) is 14.4 Å². The Morgan fingerprint density at radius 1 is 1.15 bits per heavy atom. The number of rotatable bonds is 12. The largest absolute Gasteiger partial charge is 0.465 e. The molecule has 0 aromatic heterocycles. The molecule has 3 heterocycles. The predicted molar refractivity (Wildman–Crippen MR) is 159 cm³/mol. The van der Waals surface area contributed by atoms with E-state index < -0.39 is 27.4 Å². The molecule has 3 fully saturated rings. The number of fused-ring (bicyclic) bond motifs is 2. The summed E-state index contributed by atoms with van der Waals surface area (Å²) in [6, 6.07) is 13.1. The minimum Gasteiger partial charge on any atom is -0.465 e. The van der Waals surface area contributed by atoms with E-state index in [0.717, 1.165) is 29.3 Å². The summed E-state index contributed by atoms with van der Waals surface area (Å²) in [5, 5.41) is 11.7. The van der Waals surface area contributed by atoms with Gasteiger partial charge in [-0.05, 0) is 61.9 Å². The number of carbonyl (C=O) groups excluding carboxylic acids is 3. The molecule has 1 N–H and O–H groups in total. The maximum absolute atomic E-state index is 14.6. The second-order valence-electron chi connectivity index (χ2n) is 11.2. The second kappa shape index (κ2) is 11.4. The molecule has 7 nitrogen and oxygen atoms in total. The highest BCUT2D eigenvalue weighted by Gasteiger charge is 2.77. The number of aliphatic hydroxyl groups is 1. The molecular formula is C32H38N2O5S. The molecule has 5 atom stereocenters. The summed E-state index contributed by atoms with van der Waals surface area (Å²) >= 11 is 1.63. The fourth-order valence-electron chi connectivity index (χ4n) is 6.98. The van der Waals surface area contributed by atoms with Gasteiger partial charge in [0.05, 0.1) is 23.2 Å². The lowest BCUT2D eigenvalue weighted by Gasteiger charge is -2.37. The Labute approximate surface area is 240 Å². The van der Waals surface area contributed by atoms with Gasteiger partial charge in [0.15, 0.2) is 0 Å². The van der Waals surface area contributed by atoms with Gasteiger partial charge >= 0.3 is 5.97 Å². The Kier molecular flexibility index (Phi) is 8.11. The Hall–Kier alpha value is -3.10. The highest BCUT2D eigenvalue weighted by Crippen LogP contribution is 2.71. The van der Waals surface area contributed by atoms with Crippen LogP contribution < -0.4 is 4.90 Å². The standard InChI is InChI=1S/C32H38N2O5S/c1-4-6-9-20-39-30(38)26-25-28(36)34(18-10-19-35)27(32(25)16-15-31(26,3)40-32)29(37)33(17-5-2)24-14-13-22-11-7-8-12-23(22)21-24/h4-5,7-8,11-14,21,25-27,35H,1-2,6,9-10,15-20H2,3H3/t25-,26-,27?,31+,32?/m0/s1. The monoisotopic (exact) mass is 562 g/mol. The molecule has 1 spiro atoms. The van der Waals surface area contributed by atoms with Gasteiger partial charge in [0, 0.05) is 30.1 Å². The SMILES string of the molecule is C=CCCCOC(=O)[C@@H]1[C@H]2C(=O)N(CCCO)C(C(=O)N(CC=C)c3ccc4ccccc4c3)C23CC[C@@]1(C)S3. The molecular weight excluding hydrogens is 524 g/mol. The maximum atomic E-state index is 14.6. The minimum atomic E-state index is -0.756. The molecule has 0 saturated carbocycles. The number of hydrogen-bond acceptors (Lipinski definition) is 6. The molecule has 2 unspecified atom stereocenters. The Balaban J connectivity index is 1.52. The summed E-state index contributed by atoms with van der Waals surface area (Å²) in [6.45, 7) is 10.4. The first kappa shape index (κ1) is 28.4. The van der Waals surface area contributed by atoms with Gasteiger partial charge in [-0.25, -0.2) is 0 Å². The van der Waals surface area contributed by atoms with Gasteiger partial charge in [0.2, 0.25) is 5.91 Å². The number of benzene rings is 2. The van der Waals surface area contributed by atoms with Crippen LogP contribution in [0.4, 0.5) is 5.69 Å². The first-order chi connectivity index (χ1) is 19.3. The third-order valence-electron chi connectivity index (χ3n) is 8.74. The molecule has 3 aliphatic heterocycles. The Bertz CT molecular complexity index is 1330. The fourth-order valence-corrected chi connectivity index (χ4v) is 9.32. The van der Waals surface area contributed by atoms with E-state index in [2.05, 4.69) is 13.2 Å². The second-order valence-corrected chi connectivity index (χ2v) is 13.1. The van der Waals surface area contributed by atoms with Gasteiger partial charge in [-0.2, -0.15) is 0 Å². The van der Waals surface area contributed by atoms with Gasteiger partial charge in [0.25, 0.3) is 5.91 Å². The van der Waals surface area contributed by atoms with E-state index in [-0.39, 0.29) is 44.1 Å². The van der Waals surface area contributed by atoms with E-state index in [0.29, 0.717) is 19.3 Å². The molecule has 40 heavy (non-hydrogen) atoms. The van der Waals surface area contributed by atoms with Crippen molar-refractivity contribution in [3.05, 3.63) is 67.8 Å². The number of aliphatic hydroxyl groups excluding tert-OH is 1. The smallest absolute Gasteiger partial charge is 0.311 e. The fraction of sp³-hybridized carbons (Fsp3) is 0.469. The first-order valence-electron chi connectivity index (χ1n) is 14.1. The number of thioether (sulfide) groups is 1. The van der Waals surface area contributed by atoms with Crippen LogP contribution in [0.25, 0.3) is 10.8 Å². The maximum Gasteiger partial charge on any atom is 0.311 e. The van der Waals surface area contributed by atoms with Crippen LogP contribution in [0.5, 0.6) is 0 Å². The van der Waals surface area contributed by atoms with Crippen LogP contribution in [0, 0.1) is 11.8 Å². The van der Waals surface area contributed by atoms with Crippen LogP contribution in [0.1, 0.15) is 39.0 Å². The van der Waals surface area contributed by atoms with Crippen molar-refractivity contribution in [1.29, 1.82) is 0 Å². The van der Waals surface area contributed by atoms with Crippen molar-refractivity contribution in [2.45, 2.75) is 54.6 Å². The number of amides is 2. The number of esters is 1. The lowest BCUT2D eigenvalue weighted by Crippen LogP contribution is -2.55. The quantitative estimate of drug-likeness (QED) is 0.229. The third-order valence-corrected chi connectivity index (χ3v) is 10.7. The van der Waals surface area contributed by atoms with E-state index in [9.17, 15) is 19.5 Å². The molecule has 5 rings (SSSR count). The van der Waals surface area contributed by atoms with Crippen molar-refractivity contribution in [2.75, 3.05) is 31.2 Å². The van der Waals surface area contributed by atoms with Crippen molar-refractivity contribution in [3.63, 3.8) is 0 Å². The zero-order valence-electron chi connectivity index (χ0n) is 23.1. The van der Waals surface area contributed by atoms with E-state index in [1.807, 2.05) is 49.4 Å². The highest BCUT2D eigenvalue weighted by molar-refractivity contribution is 8.02. The Morgan fingerprint density at radius 2 is 1.93 bits per heavy atom. The molecule has 0 radical (unpaired) electrons. The molecule has 2 aromatic rings. The van der Waals surface area contributed by atoms with Crippen LogP contribution in [0.2, 0.25) is 0 Å². The van der Waals surface area contributed by atoms with E-state index in [1.54, 1.807) is 33.7 Å². The molecule has 8 heteroatoms. The average Bonchev–Trinajstić information content (AvgIpc) is 3.52. The third kappa shape index (κ3) is 4.65. The van der Waals surface area contributed by atoms with Crippen molar-refractivity contribution in [3.8, 4) is 0 Å². The number of nitrogens with zero attached hydrogens (tertiary/aromatic N) is 2. The summed E-state index contributed by atoms with van der Waals surface area (Å²) in [7, 11) is 0. The van der Waals surface area contributed by atoms with Crippen molar-refractivity contribution in [1.82, 2.24) is 4.90 Å². The molecule has 3 aliphatic rings. The number of unbranched alkanes of at least 4 members (excludes halogenated alkanes) is 1. The molecule has 0 aliphatic carbocycles. The topological polar surface area (TPSA) is 87.1 Å². The zero-order valence-corrected chi connectivity index (χ0v) is 23.9. The van der Waals surface area contributed by atoms with Crippen molar-refractivity contribution < 1.29 is 24.2 Å². The summed E-state index contributed by atoms with van der Waals surface area (Å²) in [5.41, 5.74) is 0.736. The number of likely N-dealkylation sites (tertiary alicyclic amines) is 1. The predicted octanol–water partition coefficient (Wildman–Crippen LogP) is 4.73. The zero-order chi connectivity index (χ0) is 28.5. The van der Waals surface area contributed by atoms with Gasteiger partial charge in [-0.1, -0.05) is 42.5 Å². The highest BCUT2D eigenvalue weighted by atomic mass is 32.2. The van der Waals surface area contributed by atoms with Gasteiger partial charge < -0.3 is 19.6 Å². The van der Waals surface area contributed by atoms with E-state index >= 15 is 0 Å². The first-order valence-corrected chi connectivity index (χ1v) is 14.9. The van der Waals surface area contributed by atoms with Crippen LogP contribution in [-0.2, 0) is 19.1 Å². The molecule has 2 aromatic carbocycles. The lowest BCUT2D eigenvalue weighted by molar-refractivity contribution is -0.155. The number of hydrogen-bond donors (Lipinski definition) is 1. The number of carbonyl (C=O) groups is 3. The summed E-state index contributed by atoms with van der Waals surface area (Å²) in [6.07, 6.45) is 6.66. The van der Waals surface area contributed by atoms with Crippen LogP contribution >= 0.6 is 11.8 Å².